The summed E-state index contributed by atoms with van der Waals surface area (Å²) >= 11 is 0. The molecule has 0 radical (unpaired) electrons. The first kappa shape index (κ1) is 12.8. The summed E-state index contributed by atoms with van der Waals surface area (Å²) in [6, 6.07) is 0. The van der Waals surface area contributed by atoms with Gasteiger partial charge < -0.3 is 15.4 Å². The highest BCUT2D eigenvalue weighted by Gasteiger charge is 2.25. The molecule has 0 aromatic rings. The van der Waals surface area contributed by atoms with Crippen LogP contribution in [0.5, 0.6) is 0 Å². The Hall–Kier alpha value is -0.650. The van der Waals surface area contributed by atoms with E-state index in [0.717, 1.165) is 52.2 Å². The predicted molar refractivity (Wildman–Crippen MR) is 65.7 cm³/mol. The van der Waals surface area contributed by atoms with Gasteiger partial charge in [-0.2, -0.15) is 0 Å². The zero-order chi connectivity index (χ0) is 12.1. The van der Waals surface area contributed by atoms with Crippen LogP contribution < -0.4 is 5.73 Å². The fourth-order valence-electron chi connectivity index (χ4n) is 2.53. The maximum Gasteiger partial charge on any atom is 0.225 e. The first-order valence-corrected chi connectivity index (χ1v) is 6.61. The number of ether oxygens (including phenoxy) is 1. The van der Waals surface area contributed by atoms with Gasteiger partial charge in [-0.25, -0.2) is 0 Å². The van der Waals surface area contributed by atoms with Gasteiger partial charge in [-0.05, 0) is 12.8 Å². The maximum atomic E-state index is 12.0. The topological polar surface area (TPSA) is 58.8 Å². The fraction of sp³-hybridized carbons (Fsp3) is 0.917. The van der Waals surface area contributed by atoms with Crippen molar-refractivity contribution < 1.29 is 9.53 Å². The highest BCUT2D eigenvalue weighted by atomic mass is 16.5. The van der Waals surface area contributed by atoms with Crippen molar-refractivity contribution in [3.05, 3.63) is 0 Å². The Morgan fingerprint density at radius 3 is 2.65 bits per heavy atom. The molecule has 2 aliphatic heterocycles. The second-order valence-corrected chi connectivity index (χ2v) is 4.85. The molecular formula is C12H23N3O2. The van der Waals surface area contributed by atoms with Crippen molar-refractivity contribution in [3.8, 4) is 0 Å². The number of rotatable bonds is 4. The molecule has 0 aliphatic carbocycles. The van der Waals surface area contributed by atoms with Crippen LogP contribution in [0.4, 0.5) is 0 Å². The zero-order valence-electron chi connectivity index (χ0n) is 10.4. The Balaban J connectivity index is 1.70. The molecule has 1 atom stereocenters. The van der Waals surface area contributed by atoms with Crippen molar-refractivity contribution >= 4 is 5.91 Å². The summed E-state index contributed by atoms with van der Waals surface area (Å²) in [6.07, 6.45) is 2.88. The Morgan fingerprint density at radius 1 is 1.29 bits per heavy atom. The van der Waals surface area contributed by atoms with Crippen LogP contribution in [0, 0.1) is 0 Å². The summed E-state index contributed by atoms with van der Waals surface area (Å²) in [5.41, 5.74) is 5.52. The van der Waals surface area contributed by atoms with Gasteiger partial charge >= 0.3 is 0 Å². The number of piperazine rings is 1. The number of hydrogen-bond donors (Lipinski definition) is 1. The average molecular weight is 241 g/mol. The van der Waals surface area contributed by atoms with Crippen LogP contribution in [-0.2, 0) is 9.53 Å². The molecule has 5 nitrogen and oxygen atoms in total. The SMILES string of the molecule is NCCN1CCN(C(=O)CC2CCCO2)CC1. The highest BCUT2D eigenvalue weighted by molar-refractivity contribution is 5.76. The van der Waals surface area contributed by atoms with E-state index < -0.39 is 0 Å². The Morgan fingerprint density at radius 2 is 2.06 bits per heavy atom. The molecule has 2 aliphatic rings. The monoisotopic (exact) mass is 241 g/mol. The van der Waals surface area contributed by atoms with Crippen LogP contribution in [0.3, 0.4) is 0 Å². The molecule has 1 unspecified atom stereocenters. The molecule has 2 heterocycles. The van der Waals surface area contributed by atoms with Gasteiger partial charge in [0.25, 0.3) is 0 Å². The van der Waals surface area contributed by atoms with Crippen molar-refractivity contribution in [3.63, 3.8) is 0 Å². The minimum atomic E-state index is 0.171. The smallest absolute Gasteiger partial charge is 0.225 e. The van der Waals surface area contributed by atoms with Gasteiger partial charge in [0.05, 0.1) is 12.5 Å². The number of nitrogens with zero attached hydrogens (tertiary/aromatic N) is 2. The van der Waals surface area contributed by atoms with E-state index in [9.17, 15) is 4.79 Å². The lowest BCUT2D eigenvalue weighted by molar-refractivity contribution is -0.135. The molecule has 2 N–H and O–H groups in total. The lowest BCUT2D eigenvalue weighted by Gasteiger charge is -2.34. The normalized spacial score (nSPS) is 26.4. The number of amides is 1. The molecule has 0 aromatic carbocycles. The van der Waals surface area contributed by atoms with E-state index in [0.29, 0.717) is 13.0 Å². The van der Waals surface area contributed by atoms with Crippen LogP contribution >= 0.6 is 0 Å². The molecule has 0 bridgehead atoms. The summed E-state index contributed by atoms with van der Waals surface area (Å²) in [7, 11) is 0. The molecule has 2 saturated heterocycles. The van der Waals surface area contributed by atoms with Gasteiger partial charge in [0, 0.05) is 45.9 Å². The van der Waals surface area contributed by atoms with Gasteiger partial charge in [-0.15, -0.1) is 0 Å². The third kappa shape index (κ3) is 3.66. The van der Waals surface area contributed by atoms with Crippen LogP contribution in [-0.4, -0.2) is 67.7 Å². The van der Waals surface area contributed by atoms with Gasteiger partial charge in [0.1, 0.15) is 0 Å². The minimum Gasteiger partial charge on any atom is -0.378 e. The molecule has 2 rings (SSSR count). The van der Waals surface area contributed by atoms with E-state index in [2.05, 4.69) is 4.90 Å². The predicted octanol–water partition coefficient (Wildman–Crippen LogP) is -0.342. The highest BCUT2D eigenvalue weighted by Crippen LogP contribution is 2.16. The lowest BCUT2D eigenvalue weighted by Crippen LogP contribution is -2.50. The zero-order valence-corrected chi connectivity index (χ0v) is 10.4. The summed E-state index contributed by atoms with van der Waals surface area (Å²) < 4.78 is 5.50. The van der Waals surface area contributed by atoms with Crippen molar-refractivity contribution in [2.45, 2.75) is 25.4 Å². The maximum absolute atomic E-state index is 12.0. The number of carbonyl (C=O) groups excluding carboxylic acids is 1. The summed E-state index contributed by atoms with van der Waals surface area (Å²) in [5.74, 6) is 0.254. The quantitative estimate of drug-likeness (QED) is 0.731. The Bertz CT molecular complexity index is 246. The standard InChI is InChI=1S/C12H23N3O2/c13-3-4-14-5-7-15(8-6-14)12(16)10-11-2-1-9-17-11/h11H,1-10,13H2. The summed E-state index contributed by atoms with van der Waals surface area (Å²) in [4.78, 5) is 16.3. The first-order chi connectivity index (χ1) is 8.29. The Kier molecular flexibility index (Phi) is 4.76. The van der Waals surface area contributed by atoms with Crippen molar-refractivity contribution in [2.75, 3.05) is 45.9 Å². The lowest BCUT2D eigenvalue weighted by atomic mass is 10.1. The van der Waals surface area contributed by atoms with Gasteiger partial charge in [0.15, 0.2) is 0 Å². The molecule has 1 amide bonds. The van der Waals surface area contributed by atoms with E-state index in [1.165, 1.54) is 0 Å². The molecule has 17 heavy (non-hydrogen) atoms. The molecule has 0 spiro atoms. The van der Waals surface area contributed by atoms with Crippen molar-refractivity contribution in [1.29, 1.82) is 0 Å². The van der Waals surface area contributed by atoms with E-state index in [-0.39, 0.29) is 12.0 Å². The number of carbonyl (C=O) groups is 1. The van der Waals surface area contributed by atoms with Gasteiger partial charge in [0.2, 0.25) is 5.91 Å². The first-order valence-electron chi connectivity index (χ1n) is 6.61. The second-order valence-electron chi connectivity index (χ2n) is 4.85. The summed E-state index contributed by atoms with van der Waals surface area (Å²) in [6.45, 7) is 6.04. The van der Waals surface area contributed by atoms with E-state index >= 15 is 0 Å². The second kappa shape index (κ2) is 6.33. The van der Waals surface area contributed by atoms with Crippen molar-refractivity contribution in [2.24, 2.45) is 5.73 Å². The Labute approximate surface area is 103 Å². The molecule has 2 fully saturated rings. The van der Waals surface area contributed by atoms with Crippen LogP contribution in [0.1, 0.15) is 19.3 Å². The minimum absolute atomic E-state index is 0.171. The number of nitrogens with two attached hydrogens (primary N) is 1. The molecular weight excluding hydrogens is 218 g/mol. The van der Waals surface area contributed by atoms with Gasteiger partial charge in [-0.1, -0.05) is 0 Å². The third-order valence-electron chi connectivity index (χ3n) is 3.60. The largest absolute Gasteiger partial charge is 0.378 e. The van der Waals surface area contributed by atoms with Crippen molar-refractivity contribution in [1.82, 2.24) is 9.80 Å². The molecule has 0 aromatic heterocycles. The average Bonchev–Trinajstić information content (AvgIpc) is 2.83. The molecule has 5 heteroatoms. The van der Waals surface area contributed by atoms with E-state index in [4.69, 9.17) is 10.5 Å². The third-order valence-corrected chi connectivity index (χ3v) is 3.60. The fourth-order valence-corrected chi connectivity index (χ4v) is 2.53. The number of hydrogen-bond acceptors (Lipinski definition) is 4. The summed E-state index contributed by atoms with van der Waals surface area (Å²) in [5, 5.41) is 0. The molecule has 98 valence electrons. The van der Waals surface area contributed by atoms with E-state index in [1.54, 1.807) is 0 Å². The van der Waals surface area contributed by atoms with Gasteiger partial charge in [-0.3, -0.25) is 9.69 Å². The van der Waals surface area contributed by atoms with Crippen LogP contribution in [0.2, 0.25) is 0 Å². The molecule has 0 saturated carbocycles. The van der Waals surface area contributed by atoms with Crippen LogP contribution in [0.15, 0.2) is 0 Å². The van der Waals surface area contributed by atoms with Crippen LogP contribution in [0.25, 0.3) is 0 Å². The van der Waals surface area contributed by atoms with E-state index in [1.807, 2.05) is 4.90 Å².